The van der Waals surface area contributed by atoms with Gasteiger partial charge in [-0.25, -0.2) is 4.79 Å². The van der Waals surface area contributed by atoms with Crippen LogP contribution in [0.1, 0.15) is 101 Å². The highest BCUT2D eigenvalue weighted by molar-refractivity contribution is 7.72. The van der Waals surface area contributed by atoms with E-state index in [0.29, 0.717) is 44.2 Å². The van der Waals surface area contributed by atoms with Crippen molar-refractivity contribution in [3.05, 3.63) is 77.9 Å². The van der Waals surface area contributed by atoms with Crippen molar-refractivity contribution in [3.8, 4) is 5.75 Å². The Labute approximate surface area is 371 Å². The number of benzene rings is 2. The fourth-order valence-corrected chi connectivity index (χ4v) is 8.66. The van der Waals surface area contributed by atoms with E-state index in [0.717, 1.165) is 6.08 Å². The summed E-state index contributed by atoms with van der Waals surface area (Å²) in [6, 6.07) is 11.5. The number of rotatable bonds is 25. The fraction of sp³-hybridized carbons (Fsp3) is 0.571. The lowest BCUT2D eigenvalue weighted by Gasteiger charge is -2.29. The van der Waals surface area contributed by atoms with Gasteiger partial charge in [0.2, 0.25) is 5.91 Å². The molecule has 1 heterocycles. The quantitative estimate of drug-likeness (QED) is 0.0280. The lowest BCUT2D eigenvalue weighted by atomic mass is 10.0. The number of aliphatic hydroxyl groups is 1. The fourth-order valence-electron chi connectivity index (χ4n) is 6.41. The topological polar surface area (TPSA) is 250 Å². The second-order valence-corrected chi connectivity index (χ2v) is 18.5. The van der Waals surface area contributed by atoms with Crippen molar-refractivity contribution >= 4 is 39.1 Å². The Morgan fingerprint density at radius 2 is 1.56 bits per heavy atom. The van der Waals surface area contributed by atoms with Crippen molar-refractivity contribution < 1.29 is 80.1 Å². The number of ether oxygens (including phenoxy) is 3. The van der Waals surface area contributed by atoms with Crippen molar-refractivity contribution in [1.29, 1.82) is 0 Å². The largest absolute Gasteiger partial charge is 0.466 e. The van der Waals surface area contributed by atoms with Crippen LogP contribution >= 0.6 is 15.2 Å². The van der Waals surface area contributed by atoms with E-state index in [1.54, 1.807) is 11.0 Å². The monoisotopic (exact) mass is 939 g/mol. The van der Waals surface area contributed by atoms with E-state index in [-0.39, 0.29) is 24.5 Å². The first-order valence-electron chi connectivity index (χ1n) is 22.1. The molecule has 0 unspecified atom stereocenters. The summed E-state index contributed by atoms with van der Waals surface area (Å²) >= 11 is 0. The number of nitrogens with zero attached hydrogens (tertiary/aromatic N) is 2. The molecule has 354 valence electrons. The molecule has 2 aromatic rings. The lowest BCUT2D eigenvalue weighted by molar-refractivity contribution is -0.167. The lowest BCUT2D eigenvalue weighted by Crippen LogP contribution is -2.36. The number of esters is 2. The maximum Gasteiger partial charge on any atom is 0.412 e. The number of amides is 2. The summed E-state index contributed by atoms with van der Waals surface area (Å²) in [6.07, 6.45) is 0.249. The number of carbonyl (C=O) groups excluding carboxylic acids is 4. The summed E-state index contributed by atoms with van der Waals surface area (Å²) in [7, 11) is -11.3. The zero-order valence-electron chi connectivity index (χ0n) is 38.8. The summed E-state index contributed by atoms with van der Waals surface area (Å²) in [5.41, 5.74) is -0.120. The van der Waals surface area contributed by atoms with Gasteiger partial charge in [0.25, 0.3) is 5.08 Å². The van der Waals surface area contributed by atoms with Crippen LogP contribution in [0.15, 0.2) is 66.7 Å². The highest BCUT2D eigenvalue weighted by Crippen LogP contribution is 2.69. The van der Waals surface area contributed by atoms with Crippen molar-refractivity contribution in [1.82, 2.24) is 15.1 Å². The zero-order valence-corrected chi connectivity index (χ0v) is 37.6. The molecule has 1 aliphatic heterocycles. The summed E-state index contributed by atoms with van der Waals surface area (Å²) in [5.74, 6) is -5.52. The highest BCUT2D eigenvalue weighted by atomic mass is 31.2. The first-order chi connectivity index (χ1) is 30.8. The first kappa shape index (κ1) is 49.9. The van der Waals surface area contributed by atoms with Crippen LogP contribution < -0.4 is 10.1 Å². The molecule has 1 aliphatic rings. The number of hydrogen-bond donors (Lipinski definition) is 6. The van der Waals surface area contributed by atoms with E-state index in [1.807, 2.05) is 0 Å². The molecule has 3 rings (SSSR count). The summed E-state index contributed by atoms with van der Waals surface area (Å²) in [4.78, 5) is 90.4. The van der Waals surface area contributed by atoms with Gasteiger partial charge in [0, 0.05) is 42.0 Å². The number of halogens is 2. The maximum atomic E-state index is 15.9. The van der Waals surface area contributed by atoms with Crippen LogP contribution in [-0.2, 0) is 45.3 Å². The molecule has 1 saturated heterocycles. The third-order valence-corrected chi connectivity index (χ3v) is 14.0. The van der Waals surface area contributed by atoms with E-state index in [9.17, 15) is 53.0 Å². The Morgan fingerprint density at radius 1 is 0.937 bits per heavy atom. The van der Waals surface area contributed by atoms with E-state index >= 15 is 8.78 Å². The third kappa shape index (κ3) is 18.2. The SMILES string of the molecule is CCN(CC)CC.[3H]C([3H])([3H])COC(=O)CCCCCCN1C(=O)CC[C@@H]1/C=C/[C@@H](OC(=O)Cc1ccc(OC(=O)NCCCC(O)(P(=O)(O)O)P(=O)(O)O)cc1)C(F)(F)c1ccccc1. The Bertz CT molecular complexity index is 1940. The molecule has 17 nitrogen and oxygen atoms in total. The van der Waals surface area contributed by atoms with Crippen LogP contribution in [0, 0.1) is 0 Å². The van der Waals surface area contributed by atoms with Gasteiger partial charge in [0.1, 0.15) is 5.75 Å². The Hall–Kier alpha value is -4.06. The molecule has 0 bridgehead atoms. The van der Waals surface area contributed by atoms with Gasteiger partial charge in [0.05, 0.1) is 19.1 Å². The normalized spacial score (nSPS) is 16.1. The van der Waals surface area contributed by atoms with Gasteiger partial charge in [-0.15, -0.1) is 0 Å². The Kier molecular flexibility index (Phi) is 21.1. The number of alkyl halides is 2. The first-order valence-corrected chi connectivity index (χ1v) is 23.9. The molecule has 2 aromatic carbocycles. The average molecular weight is 940 g/mol. The van der Waals surface area contributed by atoms with E-state index in [4.69, 9.17) is 18.3 Å². The van der Waals surface area contributed by atoms with Crippen LogP contribution in [-0.4, -0.2) is 115 Å². The molecular weight excluding hydrogens is 870 g/mol. The number of nitrogens with one attached hydrogen (secondary N) is 1. The highest BCUT2D eigenvalue weighted by Gasteiger charge is 2.58. The molecule has 0 spiro atoms. The molecule has 2 atom stereocenters. The van der Waals surface area contributed by atoms with Gasteiger partial charge < -0.3 is 54.0 Å². The van der Waals surface area contributed by atoms with Crippen molar-refractivity contribution in [2.45, 2.75) is 115 Å². The molecule has 21 heteroatoms. The van der Waals surface area contributed by atoms with Gasteiger partial charge in [0.15, 0.2) is 6.10 Å². The minimum Gasteiger partial charge on any atom is -0.466 e. The van der Waals surface area contributed by atoms with Gasteiger partial charge in [-0.2, -0.15) is 8.78 Å². The Morgan fingerprint density at radius 3 is 2.13 bits per heavy atom. The van der Waals surface area contributed by atoms with E-state index in [2.05, 4.69) is 31.0 Å². The third-order valence-electron chi connectivity index (χ3n) is 10.1. The van der Waals surface area contributed by atoms with Crippen LogP contribution in [0.5, 0.6) is 5.75 Å². The van der Waals surface area contributed by atoms with Crippen LogP contribution in [0.3, 0.4) is 0 Å². The zero-order chi connectivity index (χ0) is 49.8. The standard InChI is InChI=1S/C36H48F2N2O14P2.C6H15N/c1-2-52-32(42)13-8-3-4-9-24-40-28(17-21-31(40)41)16-20-30(36(37,38)27-11-6-5-7-12-27)54-33(43)25-26-14-18-29(19-15-26)53-34(44)39-23-10-22-35(45,55(46,47)48)56(49,50)51;1-4-7(5-2)6-3/h5-7,11-12,14-16,18-20,28,30,45H,2-4,8-10,13,17,21-25H2,1H3,(H,39,44)(H2,46,47,48)(H2,49,50,51);4-6H2,1-3H3/b20-16+;/t28-,30+;/m0./s1/i1T3;. The molecule has 0 aliphatic carbocycles. The van der Waals surface area contributed by atoms with Crippen LogP contribution in [0.4, 0.5) is 13.6 Å². The Balaban J connectivity index is 0.00000197. The minimum atomic E-state index is -5.66. The van der Waals surface area contributed by atoms with Gasteiger partial charge >= 0.3 is 39.1 Å². The van der Waals surface area contributed by atoms with E-state index in [1.165, 1.54) is 74.2 Å². The molecule has 1 fully saturated rings. The van der Waals surface area contributed by atoms with Gasteiger partial charge in [-0.3, -0.25) is 23.5 Å². The number of carbonyl (C=O) groups is 4. The van der Waals surface area contributed by atoms with Crippen molar-refractivity contribution in [2.24, 2.45) is 0 Å². The summed E-state index contributed by atoms with van der Waals surface area (Å²) < 4.78 is 91.1. The second-order valence-electron chi connectivity index (χ2n) is 14.5. The van der Waals surface area contributed by atoms with Crippen LogP contribution in [0.2, 0.25) is 0 Å². The molecule has 0 aromatic heterocycles. The van der Waals surface area contributed by atoms with Gasteiger partial charge in [-0.05, 0) is 75.9 Å². The minimum absolute atomic E-state index is 0.0402. The molecule has 6 N–H and O–H groups in total. The number of unbranched alkanes of at least 4 members (excludes halogenated alkanes) is 3. The summed E-state index contributed by atoms with van der Waals surface area (Å²) in [6.45, 7) is 7.02. The molecular formula is C42H63F2N3O14P2. The van der Waals surface area contributed by atoms with Crippen molar-refractivity contribution in [2.75, 3.05) is 39.3 Å². The summed E-state index contributed by atoms with van der Waals surface area (Å²) in [5, 5.41) is 8.46. The molecule has 2 amide bonds. The second kappa shape index (κ2) is 26.7. The maximum absolute atomic E-state index is 15.9. The van der Waals surface area contributed by atoms with Gasteiger partial charge in [-0.1, -0.05) is 82.2 Å². The average Bonchev–Trinajstić information content (AvgIpc) is 3.60. The molecule has 0 saturated carbocycles. The molecule has 0 radical (unpaired) electrons. The van der Waals surface area contributed by atoms with Crippen LogP contribution in [0.25, 0.3) is 0 Å². The number of likely N-dealkylation sites (tertiary alicyclic amines) is 1. The number of hydrogen-bond acceptors (Lipinski definition) is 11. The van der Waals surface area contributed by atoms with Crippen molar-refractivity contribution in [3.63, 3.8) is 0 Å². The van der Waals surface area contributed by atoms with E-state index < -0.39 is 101 Å². The predicted octanol–water partition coefficient (Wildman–Crippen LogP) is 6.21. The molecule has 63 heavy (non-hydrogen) atoms. The smallest absolute Gasteiger partial charge is 0.412 e. The predicted molar refractivity (Wildman–Crippen MR) is 230 cm³/mol.